The van der Waals surface area contributed by atoms with Gasteiger partial charge in [-0.3, -0.25) is 0 Å². The summed E-state index contributed by atoms with van der Waals surface area (Å²) < 4.78 is 11.0. The number of anilines is 1. The molecule has 2 aromatic rings. The van der Waals surface area contributed by atoms with Crippen molar-refractivity contribution in [1.29, 1.82) is 0 Å². The molecule has 0 atom stereocenters. The first-order valence-electron chi connectivity index (χ1n) is 13.3. The van der Waals surface area contributed by atoms with Crippen molar-refractivity contribution in [2.75, 3.05) is 32.2 Å². The van der Waals surface area contributed by atoms with E-state index in [9.17, 15) is 9.90 Å². The molecule has 5 rings (SSSR count). The average molecular weight is 488 g/mol. The van der Waals surface area contributed by atoms with Gasteiger partial charge in [0.25, 0.3) is 0 Å². The van der Waals surface area contributed by atoms with E-state index in [0.717, 1.165) is 63.6 Å². The number of benzene rings is 2. The fraction of sp³-hybridized carbons (Fsp3) is 0.452. The maximum atomic E-state index is 11.6. The molecule has 0 amide bonds. The Hall–Kier alpha value is -2.89. The third kappa shape index (κ3) is 5.00. The zero-order valence-electron chi connectivity index (χ0n) is 21.5. The van der Waals surface area contributed by atoms with E-state index in [-0.39, 0.29) is 6.29 Å². The van der Waals surface area contributed by atoms with E-state index in [2.05, 4.69) is 35.2 Å². The van der Waals surface area contributed by atoms with Crippen molar-refractivity contribution in [3.63, 3.8) is 0 Å². The van der Waals surface area contributed by atoms with Crippen LogP contribution in [-0.2, 0) is 15.9 Å². The van der Waals surface area contributed by atoms with Crippen molar-refractivity contribution in [2.45, 2.75) is 57.7 Å². The number of piperidine rings is 1. The second-order valence-electron chi connectivity index (χ2n) is 10.2. The first-order valence-corrected chi connectivity index (χ1v) is 13.3. The highest BCUT2D eigenvalue weighted by atomic mass is 16.7. The third-order valence-electron chi connectivity index (χ3n) is 8.14. The summed E-state index contributed by atoms with van der Waals surface area (Å²) in [4.78, 5) is 14.1. The van der Waals surface area contributed by atoms with E-state index in [4.69, 9.17) is 9.47 Å². The van der Waals surface area contributed by atoms with E-state index in [1.165, 1.54) is 40.0 Å². The molecule has 3 aliphatic rings. The SMILES string of the molecule is COC(OC)C1CCN(c2ccc(C3=C(C4=CCCC4)CCCc4cc(C(=O)O)ccc43)cc2)CC1. The van der Waals surface area contributed by atoms with Crippen LogP contribution < -0.4 is 4.90 Å². The molecule has 1 N–H and O–H groups in total. The summed E-state index contributed by atoms with van der Waals surface area (Å²) in [6.07, 6.45) is 10.9. The molecule has 1 saturated heterocycles. The highest BCUT2D eigenvalue weighted by molar-refractivity contribution is 5.91. The maximum absolute atomic E-state index is 11.6. The summed E-state index contributed by atoms with van der Waals surface area (Å²) >= 11 is 0. The lowest BCUT2D eigenvalue weighted by Crippen LogP contribution is -2.39. The largest absolute Gasteiger partial charge is 0.478 e. The minimum Gasteiger partial charge on any atom is -0.478 e. The fourth-order valence-electron chi connectivity index (χ4n) is 6.27. The molecule has 0 aromatic heterocycles. The summed E-state index contributed by atoms with van der Waals surface area (Å²) in [6.45, 7) is 1.99. The molecular formula is C31H37NO4. The number of nitrogens with zero attached hydrogens (tertiary/aromatic N) is 1. The van der Waals surface area contributed by atoms with Crippen LogP contribution >= 0.6 is 0 Å². The molecule has 0 bridgehead atoms. The number of methoxy groups -OCH3 is 2. The van der Waals surface area contributed by atoms with Crippen molar-refractivity contribution in [3.05, 3.63) is 81.9 Å². The van der Waals surface area contributed by atoms with E-state index in [0.29, 0.717) is 11.5 Å². The van der Waals surface area contributed by atoms with Gasteiger partial charge in [0, 0.05) is 38.9 Å². The molecule has 0 spiro atoms. The van der Waals surface area contributed by atoms with Gasteiger partial charge in [-0.05, 0) is 109 Å². The summed E-state index contributed by atoms with van der Waals surface area (Å²) in [5, 5.41) is 9.55. The molecular weight excluding hydrogens is 450 g/mol. The molecule has 0 saturated carbocycles. The van der Waals surface area contributed by atoms with E-state index in [1.807, 2.05) is 12.1 Å². The predicted octanol–water partition coefficient (Wildman–Crippen LogP) is 6.47. The number of aryl methyl sites for hydroxylation is 1. The van der Waals surface area contributed by atoms with Crippen LogP contribution in [0.1, 0.15) is 72.0 Å². The lowest BCUT2D eigenvalue weighted by Gasteiger charge is -2.36. The number of hydrogen-bond acceptors (Lipinski definition) is 4. The van der Waals surface area contributed by atoms with Gasteiger partial charge in [-0.25, -0.2) is 4.79 Å². The minimum atomic E-state index is -0.859. The first kappa shape index (κ1) is 24.8. The lowest BCUT2D eigenvalue weighted by atomic mass is 9.87. The highest BCUT2D eigenvalue weighted by Crippen LogP contribution is 2.41. The third-order valence-corrected chi connectivity index (χ3v) is 8.14. The van der Waals surface area contributed by atoms with Gasteiger partial charge in [-0.15, -0.1) is 0 Å². The number of hydrogen-bond donors (Lipinski definition) is 1. The molecule has 2 aliphatic carbocycles. The Morgan fingerprint density at radius 1 is 0.972 bits per heavy atom. The molecule has 1 heterocycles. The van der Waals surface area contributed by atoms with Gasteiger partial charge < -0.3 is 19.5 Å². The summed E-state index contributed by atoms with van der Waals surface area (Å²) in [7, 11) is 3.44. The molecule has 1 fully saturated rings. The van der Waals surface area contributed by atoms with Gasteiger partial charge in [0.15, 0.2) is 6.29 Å². The van der Waals surface area contributed by atoms with Crippen LogP contribution in [0.25, 0.3) is 5.57 Å². The number of fused-ring (bicyclic) bond motifs is 1. The highest BCUT2D eigenvalue weighted by Gasteiger charge is 2.27. The van der Waals surface area contributed by atoms with Crippen molar-refractivity contribution in [3.8, 4) is 0 Å². The van der Waals surface area contributed by atoms with Crippen molar-refractivity contribution < 1.29 is 19.4 Å². The van der Waals surface area contributed by atoms with Gasteiger partial charge >= 0.3 is 5.97 Å². The Labute approximate surface area is 214 Å². The van der Waals surface area contributed by atoms with Gasteiger partial charge in [-0.2, -0.15) is 0 Å². The summed E-state index contributed by atoms with van der Waals surface area (Å²) in [5.74, 6) is -0.428. The molecule has 36 heavy (non-hydrogen) atoms. The zero-order valence-corrected chi connectivity index (χ0v) is 21.5. The Bertz CT molecular complexity index is 1150. The molecule has 0 unspecified atom stereocenters. The van der Waals surface area contributed by atoms with Crippen molar-refractivity contribution in [2.24, 2.45) is 5.92 Å². The molecule has 190 valence electrons. The summed E-state index contributed by atoms with van der Waals surface area (Å²) in [6, 6.07) is 14.7. The van der Waals surface area contributed by atoms with Gasteiger partial charge in [0.2, 0.25) is 0 Å². The second-order valence-corrected chi connectivity index (χ2v) is 10.2. The number of carboxylic acid groups (broad SMARTS) is 1. The lowest BCUT2D eigenvalue weighted by molar-refractivity contribution is -0.141. The Morgan fingerprint density at radius 2 is 1.72 bits per heavy atom. The van der Waals surface area contributed by atoms with E-state index in [1.54, 1.807) is 20.3 Å². The Kier molecular flexibility index (Phi) is 7.59. The topological polar surface area (TPSA) is 59.0 Å². The molecule has 2 aromatic carbocycles. The van der Waals surface area contributed by atoms with E-state index < -0.39 is 5.97 Å². The smallest absolute Gasteiger partial charge is 0.335 e. The minimum absolute atomic E-state index is 0.123. The second kappa shape index (κ2) is 11.0. The average Bonchev–Trinajstić information content (AvgIpc) is 3.38. The zero-order chi connectivity index (χ0) is 25.1. The van der Waals surface area contributed by atoms with Crippen LogP contribution in [-0.4, -0.2) is 44.7 Å². The quantitative estimate of drug-likeness (QED) is 0.454. The molecule has 1 aliphatic heterocycles. The molecule has 5 heteroatoms. The number of carbonyl (C=O) groups is 1. The number of allylic oxidation sites excluding steroid dienone is 3. The standard InChI is InChI=1S/C31H37NO4/c1-35-31(36-2)23-16-18-32(19-17-23)26-13-10-22(11-14-26)29-27(21-6-3-4-7-21)9-5-8-24-20-25(30(33)34)12-15-28(24)29/h6,10-15,20,23,31H,3-5,7-9,16-19H2,1-2H3,(H,33,34). The monoisotopic (exact) mass is 487 g/mol. The molecule has 0 radical (unpaired) electrons. The predicted molar refractivity (Wildman–Crippen MR) is 143 cm³/mol. The van der Waals surface area contributed by atoms with Gasteiger partial charge in [0.1, 0.15) is 0 Å². The number of carboxylic acids is 1. The first-order chi connectivity index (χ1) is 17.6. The maximum Gasteiger partial charge on any atom is 0.335 e. The number of ether oxygens (including phenoxy) is 2. The van der Waals surface area contributed by atoms with Crippen LogP contribution in [0.5, 0.6) is 0 Å². The summed E-state index contributed by atoms with van der Waals surface area (Å²) in [5.41, 5.74) is 9.42. The van der Waals surface area contributed by atoms with Crippen LogP contribution in [0, 0.1) is 5.92 Å². The van der Waals surface area contributed by atoms with E-state index >= 15 is 0 Å². The Morgan fingerprint density at radius 3 is 2.36 bits per heavy atom. The van der Waals surface area contributed by atoms with Crippen molar-refractivity contribution >= 4 is 17.2 Å². The van der Waals surface area contributed by atoms with Crippen LogP contribution in [0.15, 0.2) is 59.7 Å². The van der Waals surface area contributed by atoms with Crippen LogP contribution in [0.2, 0.25) is 0 Å². The van der Waals surface area contributed by atoms with Crippen LogP contribution in [0.4, 0.5) is 5.69 Å². The number of aromatic carboxylic acids is 1. The fourth-order valence-corrected chi connectivity index (χ4v) is 6.27. The van der Waals surface area contributed by atoms with Crippen LogP contribution in [0.3, 0.4) is 0 Å². The van der Waals surface area contributed by atoms with Gasteiger partial charge in [-0.1, -0.05) is 24.3 Å². The normalized spacial score (nSPS) is 18.9. The number of rotatable bonds is 7. The van der Waals surface area contributed by atoms with Crippen molar-refractivity contribution in [1.82, 2.24) is 0 Å². The molecule has 5 nitrogen and oxygen atoms in total. The van der Waals surface area contributed by atoms with Gasteiger partial charge in [0.05, 0.1) is 5.56 Å². The Balaban J connectivity index is 1.46.